The topological polar surface area (TPSA) is 22.1 Å². The molecule has 1 heterocycles. The van der Waals surface area contributed by atoms with Gasteiger partial charge in [0.15, 0.2) is 0 Å². The second-order valence-corrected chi connectivity index (χ2v) is 3.24. The number of hydrogen-bond acceptors (Lipinski definition) is 2. The third-order valence-electron chi connectivity index (χ3n) is 1.73. The standard InChI is InChI=1S/C11H7ClFNO/c12-10-2-1-3-11(14-10)15-9-6-4-8(13)5-7-9/h1-7H. The molecule has 0 saturated heterocycles. The lowest BCUT2D eigenvalue weighted by molar-refractivity contribution is 0.461. The molecular formula is C11H7ClFNO. The highest BCUT2D eigenvalue weighted by molar-refractivity contribution is 6.29. The van der Waals surface area contributed by atoms with Crippen molar-refractivity contribution in [3.05, 3.63) is 53.4 Å². The lowest BCUT2D eigenvalue weighted by atomic mass is 10.3. The van der Waals surface area contributed by atoms with Gasteiger partial charge in [-0.05, 0) is 30.3 Å². The first-order chi connectivity index (χ1) is 7.24. The molecule has 0 fully saturated rings. The maximum absolute atomic E-state index is 12.6. The molecule has 0 saturated carbocycles. The maximum atomic E-state index is 12.6. The highest BCUT2D eigenvalue weighted by Gasteiger charge is 1.99. The van der Waals surface area contributed by atoms with E-state index in [2.05, 4.69) is 4.98 Å². The molecule has 0 unspecified atom stereocenters. The summed E-state index contributed by atoms with van der Waals surface area (Å²) in [6.07, 6.45) is 0. The molecule has 1 aromatic heterocycles. The third-order valence-corrected chi connectivity index (χ3v) is 1.94. The van der Waals surface area contributed by atoms with Gasteiger partial charge >= 0.3 is 0 Å². The van der Waals surface area contributed by atoms with Gasteiger partial charge in [0.2, 0.25) is 5.88 Å². The van der Waals surface area contributed by atoms with Crippen LogP contribution in [-0.4, -0.2) is 4.98 Å². The van der Waals surface area contributed by atoms with Crippen molar-refractivity contribution in [2.24, 2.45) is 0 Å². The minimum absolute atomic E-state index is 0.304. The van der Waals surface area contributed by atoms with Crippen LogP contribution >= 0.6 is 11.6 Å². The van der Waals surface area contributed by atoms with E-state index in [4.69, 9.17) is 16.3 Å². The van der Waals surface area contributed by atoms with E-state index in [1.165, 1.54) is 24.3 Å². The van der Waals surface area contributed by atoms with E-state index < -0.39 is 0 Å². The molecule has 0 atom stereocenters. The fourth-order valence-electron chi connectivity index (χ4n) is 1.07. The van der Waals surface area contributed by atoms with Crippen LogP contribution in [0, 0.1) is 5.82 Å². The number of ether oxygens (including phenoxy) is 1. The molecule has 0 aliphatic carbocycles. The molecule has 0 aliphatic heterocycles. The molecule has 1 aromatic carbocycles. The van der Waals surface area contributed by atoms with Gasteiger partial charge in [-0.15, -0.1) is 0 Å². The van der Waals surface area contributed by atoms with Gasteiger partial charge < -0.3 is 4.74 Å². The fraction of sp³-hybridized carbons (Fsp3) is 0. The van der Waals surface area contributed by atoms with Crippen LogP contribution < -0.4 is 4.74 Å². The molecule has 2 nitrogen and oxygen atoms in total. The Morgan fingerprint density at radius 2 is 1.80 bits per heavy atom. The quantitative estimate of drug-likeness (QED) is 0.725. The largest absolute Gasteiger partial charge is 0.439 e. The summed E-state index contributed by atoms with van der Waals surface area (Å²) in [7, 11) is 0. The van der Waals surface area contributed by atoms with Crippen LogP contribution in [0.5, 0.6) is 11.6 Å². The van der Waals surface area contributed by atoms with Crippen LogP contribution in [-0.2, 0) is 0 Å². The molecule has 0 amide bonds. The molecule has 2 rings (SSSR count). The van der Waals surface area contributed by atoms with Crippen LogP contribution in [0.2, 0.25) is 5.15 Å². The van der Waals surface area contributed by atoms with Crippen molar-refractivity contribution in [2.75, 3.05) is 0 Å². The zero-order chi connectivity index (χ0) is 10.7. The Labute approximate surface area is 91.3 Å². The molecule has 0 radical (unpaired) electrons. The summed E-state index contributed by atoms with van der Waals surface area (Å²) in [4.78, 5) is 3.94. The van der Waals surface area contributed by atoms with Crippen molar-refractivity contribution in [2.45, 2.75) is 0 Å². The van der Waals surface area contributed by atoms with Gasteiger partial charge in [-0.1, -0.05) is 17.7 Å². The third kappa shape index (κ3) is 2.67. The molecule has 0 bridgehead atoms. The lowest BCUT2D eigenvalue weighted by Gasteiger charge is -2.03. The molecule has 76 valence electrons. The maximum Gasteiger partial charge on any atom is 0.220 e. The Hall–Kier alpha value is -1.61. The normalized spacial score (nSPS) is 10.0. The van der Waals surface area contributed by atoms with Crippen LogP contribution in [0.15, 0.2) is 42.5 Å². The Morgan fingerprint density at radius 1 is 1.07 bits per heavy atom. The van der Waals surface area contributed by atoms with E-state index in [9.17, 15) is 4.39 Å². The highest BCUT2D eigenvalue weighted by Crippen LogP contribution is 2.20. The van der Waals surface area contributed by atoms with Crippen molar-refractivity contribution in [3.8, 4) is 11.6 Å². The molecule has 0 spiro atoms. The Balaban J connectivity index is 2.18. The summed E-state index contributed by atoms with van der Waals surface area (Å²) < 4.78 is 17.9. The molecule has 2 aromatic rings. The van der Waals surface area contributed by atoms with Gasteiger partial charge in [0.25, 0.3) is 0 Å². The van der Waals surface area contributed by atoms with Crippen LogP contribution in [0.25, 0.3) is 0 Å². The first-order valence-corrected chi connectivity index (χ1v) is 4.68. The van der Waals surface area contributed by atoms with Crippen molar-refractivity contribution in [1.82, 2.24) is 4.98 Å². The summed E-state index contributed by atoms with van der Waals surface area (Å²) >= 11 is 5.69. The van der Waals surface area contributed by atoms with E-state index >= 15 is 0 Å². The molecule has 0 aliphatic rings. The van der Waals surface area contributed by atoms with E-state index in [-0.39, 0.29) is 5.82 Å². The zero-order valence-electron chi connectivity index (χ0n) is 7.65. The number of rotatable bonds is 2. The Kier molecular flexibility index (Phi) is 2.83. The predicted octanol–water partition coefficient (Wildman–Crippen LogP) is 3.67. The minimum Gasteiger partial charge on any atom is -0.439 e. The summed E-state index contributed by atoms with van der Waals surface area (Å²) in [5.74, 6) is 0.599. The minimum atomic E-state index is -0.304. The van der Waals surface area contributed by atoms with Gasteiger partial charge in [0, 0.05) is 6.07 Å². The van der Waals surface area contributed by atoms with Crippen LogP contribution in [0.1, 0.15) is 0 Å². The van der Waals surface area contributed by atoms with Crippen molar-refractivity contribution in [3.63, 3.8) is 0 Å². The highest BCUT2D eigenvalue weighted by atomic mass is 35.5. The summed E-state index contributed by atoms with van der Waals surface area (Å²) in [6.45, 7) is 0. The smallest absolute Gasteiger partial charge is 0.220 e. The average molecular weight is 224 g/mol. The zero-order valence-corrected chi connectivity index (χ0v) is 8.41. The first-order valence-electron chi connectivity index (χ1n) is 4.30. The lowest BCUT2D eigenvalue weighted by Crippen LogP contribution is -1.87. The van der Waals surface area contributed by atoms with Gasteiger partial charge in [-0.3, -0.25) is 0 Å². The molecular weight excluding hydrogens is 217 g/mol. The van der Waals surface area contributed by atoms with Gasteiger partial charge in [0.05, 0.1) is 0 Å². The van der Waals surface area contributed by atoms with E-state index in [1.807, 2.05) is 0 Å². The first kappa shape index (κ1) is 9.93. The fourth-order valence-corrected chi connectivity index (χ4v) is 1.23. The van der Waals surface area contributed by atoms with E-state index in [1.54, 1.807) is 18.2 Å². The summed E-state index contributed by atoms with van der Waals surface area (Å²) in [5.41, 5.74) is 0. The Morgan fingerprint density at radius 3 is 2.47 bits per heavy atom. The molecule has 4 heteroatoms. The van der Waals surface area contributed by atoms with Gasteiger partial charge in [0.1, 0.15) is 16.7 Å². The SMILES string of the molecule is Fc1ccc(Oc2cccc(Cl)n2)cc1. The number of halogens is 2. The second-order valence-electron chi connectivity index (χ2n) is 2.85. The molecule has 0 N–H and O–H groups in total. The molecule has 15 heavy (non-hydrogen) atoms. The van der Waals surface area contributed by atoms with Crippen molar-refractivity contribution < 1.29 is 9.13 Å². The number of hydrogen-bond donors (Lipinski definition) is 0. The monoisotopic (exact) mass is 223 g/mol. The van der Waals surface area contributed by atoms with E-state index in [0.29, 0.717) is 16.8 Å². The van der Waals surface area contributed by atoms with Gasteiger partial charge in [-0.2, -0.15) is 0 Å². The van der Waals surface area contributed by atoms with Crippen molar-refractivity contribution >= 4 is 11.6 Å². The number of aromatic nitrogens is 1. The summed E-state index contributed by atoms with van der Waals surface area (Å²) in [6, 6.07) is 10.7. The Bertz CT molecular complexity index is 458. The number of benzene rings is 1. The second kappa shape index (κ2) is 4.28. The number of pyridine rings is 1. The number of nitrogens with zero attached hydrogens (tertiary/aromatic N) is 1. The van der Waals surface area contributed by atoms with Crippen LogP contribution in [0.4, 0.5) is 4.39 Å². The summed E-state index contributed by atoms with van der Waals surface area (Å²) in [5, 5.41) is 0.356. The van der Waals surface area contributed by atoms with Crippen molar-refractivity contribution in [1.29, 1.82) is 0 Å². The van der Waals surface area contributed by atoms with E-state index in [0.717, 1.165) is 0 Å². The average Bonchev–Trinajstić information content (AvgIpc) is 2.22. The van der Waals surface area contributed by atoms with Crippen LogP contribution in [0.3, 0.4) is 0 Å². The predicted molar refractivity (Wildman–Crippen MR) is 55.7 cm³/mol. The van der Waals surface area contributed by atoms with Gasteiger partial charge in [-0.25, -0.2) is 9.37 Å².